The van der Waals surface area contributed by atoms with E-state index in [0.29, 0.717) is 11.8 Å². The summed E-state index contributed by atoms with van der Waals surface area (Å²) in [4.78, 5) is 12.4. The number of hydrogen-bond donors (Lipinski definition) is 1. The highest BCUT2D eigenvalue weighted by molar-refractivity contribution is 5.99. The molecule has 1 aromatic heterocycles. The molecule has 0 saturated heterocycles. The smallest absolute Gasteiger partial charge is 0.110 e. The Morgan fingerprint density at radius 3 is 2.54 bits per heavy atom. The minimum atomic E-state index is 0.381. The van der Waals surface area contributed by atoms with Gasteiger partial charge in [-0.1, -0.05) is 39.7 Å². The molecule has 130 valence electrons. The molecule has 3 heteroatoms. The number of fused-ring (bicyclic) bond motifs is 2. The zero-order valence-electron chi connectivity index (χ0n) is 15.7. The largest absolute Gasteiger partial charge is 0.335 e. The first-order valence-corrected chi connectivity index (χ1v) is 9.20. The number of nitrogens with one attached hydrogen (secondary N) is 1. The molecule has 0 spiro atoms. The molecule has 4 rings (SSSR count). The molecule has 0 unspecified atom stereocenters. The second-order valence-corrected chi connectivity index (χ2v) is 7.56. The number of hydrogen-bond acceptors (Lipinski definition) is 2. The van der Waals surface area contributed by atoms with Crippen LogP contribution < -0.4 is 0 Å². The maximum atomic E-state index is 4.79. The van der Waals surface area contributed by atoms with Crippen molar-refractivity contribution in [1.29, 1.82) is 0 Å². The standard InChI is InChI=1S/C23H23N3/c1-14(2)21-12-19-10-18-9-16(5-7-17(18)11-22(19)26-21)6-8-20-13-24-23(25-20)15(3)4/h5,7,9-11,13-15H,12H2,1-4H3,(H,24,25). The van der Waals surface area contributed by atoms with Gasteiger partial charge in [-0.2, -0.15) is 0 Å². The average molecular weight is 341 g/mol. The van der Waals surface area contributed by atoms with Gasteiger partial charge in [-0.15, -0.1) is 0 Å². The van der Waals surface area contributed by atoms with Gasteiger partial charge in [0.15, 0.2) is 0 Å². The second kappa shape index (κ2) is 6.46. The van der Waals surface area contributed by atoms with Gasteiger partial charge in [0.05, 0.1) is 11.9 Å². The molecule has 3 aromatic rings. The molecule has 0 atom stereocenters. The quantitative estimate of drug-likeness (QED) is 0.625. The number of aromatic nitrogens is 2. The number of benzene rings is 2. The fourth-order valence-corrected chi connectivity index (χ4v) is 3.21. The predicted molar refractivity (Wildman–Crippen MR) is 108 cm³/mol. The number of H-pyrrole nitrogens is 1. The highest BCUT2D eigenvalue weighted by atomic mass is 14.9. The lowest BCUT2D eigenvalue weighted by molar-refractivity contribution is 0.793. The van der Waals surface area contributed by atoms with Crippen molar-refractivity contribution in [2.45, 2.75) is 40.0 Å². The molecule has 0 bridgehead atoms. The summed E-state index contributed by atoms with van der Waals surface area (Å²) in [6.07, 6.45) is 2.77. The van der Waals surface area contributed by atoms with Crippen LogP contribution in [0, 0.1) is 17.8 Å². The van der Waals surface area contributed by atoms with Crippen molar-refractivity contribution in [2.24, 2.45) is 10.9 Å². The van der Waals surface area contributed by atoms with E-state index in [9.17, 15) is 0 Å². The maximum Gasteiger partial charge on any atom is 0.110 e. The van der Waals surface area contributed by atoms with Crippen LogP contribution in [-0.4, -0.2) is 15.7 Å². The van der Waals surface area contributed by atoms with Crippen molar-refractivity contribution in [3.63, 3.8) is 0 Å². The van der Waals surface area contributed by atoms with Crippen LogP contribution in [-0.2, 0) is 6.42 Å². The van der Waals surface area contributed by atoms with E-state index in [1.807, 2.05) is 0 Å². The van der Waals surface area contributed by atoms with Gasteiger partial charge in [-0.3, -0.25) is 4.99 Å². The molecular weight excluding hydrogens is 318 g/mol. The maximum absolute atomic E-state index is 4.79. The summed E-state index contributed by atoms with van der Waals surface area (Å²) in [6.45, 7) is 8.65. The summed E-state index contributed by atoms with van der Waals surface area (Å²) in [5.74, 6) is 8.29. The molecule has 1 N–H and O–H groups in total. The van der Waals surface area contributed by atoms with E-state index in [-0.39, 0.29) is 0 Å². The van der Waals surface area contributed by atoms with Gasteiger partial charge < -0.3 is 4.98 Å². The first-order chi connectivity index (χ1) is 12.5. The predicted octanol–water partition coefficient (Wildman–Crippen LogP) is 5.37. The average Bonchev–Trinajstić information content (AvgIpc) is 3.24. The normalized spacial score (nSPS) is 13.1. The van der Waals surface area contributed by atoms with Crippen LogP contribution in [0.5, 0.6) is 0 Å². The summed E-state index contributed by atoms with van der Waals surface area (Å²) in [6, 6.07) is 10.8. The van der Waals surface area contributed by atoms with Gasteiger partial charge in [0.2, 0.25) is 0 Å². The van der Waals surface area contributed by atoms with Crippen molar-refractivity contribution in [3.8, 4) is 11.8 Å². The molecule has 2 heterocycles. The van der Waals surface area contributed by atoms with Gasteiger partial charge in [0, 0.05) is 23.6 Å². The molecule has 0 amide bonds. The third-order valence-corrected chi connectivity index (χ3v) is 4.82. The van der Waals surface area contributed by atoms with Crippen LogP contribution in [0.4, 0.5) is 5.69 Å². The Morgan fingerprint density at radius 2 is 1.81 bits per heavy atom. The van der Waals surface area contributed by atoms with E-state index in [4.69, 9.17) is 4.99 Å². The van der Waals surface area contributed by atoms with Crippen molar-refractivity contribution in [3.05, 3.63) is 59.2 Å². The van der Waals surface area contributed by atoms with E-state index < -0.39 is 0 Å². The number of aliphatic imine (C=N–C) groups is 1. The van der Waals surface area contributed by atoms with Gasteiger partial charge in [-0.05, 0) is 52.4 Å². The summed E-state index contributed by atoms with van der Waals surface area (Å²) >= 11 is 0. The molecular formula is C23H23N3. The van der Waals surface area contributed by atoms with Crippen molar-refractivity contribution in [1.82, 2.24) is 9.97 Å². The SMILES string of the molecule is CC(C)C1=Nc2cc3ccc(C#Cc4cnc(C(C)C)[nH]4)cc3cc2C1. The first-order valence-electron chi connectivity index (χ1n) is 9.20. The summed E-state index contributed by atoms with van der Waals surface area (Å²) in [7, 11) is 0. The summed E-state index contributed by atoms with van der Waals surface area (Å²) < 4.78 is 0. The number of rotatable bonds is 2. The van der Waals surface area contributed by atoms with Crippen molar-refractivity contribution >= 4 is 22.2 Å². The molecule has 0 aliphatic carbocycles. The van der Waals surface area contributed by atoms with Gasteiger partial charge in [-0.25, -0.2) is 4.98 Å². The van der Waals surface area contributed by atoms with Crippen LogP contribution in [0.2, 0.25) is 0 Å². The first kappa shape index (κ1) is 16.6. The molecule has 26 heavy (non-hydrogen) atoms. The van der Waals surface area contributed by atoms with E-state index >= 15 is 0 Å². The highest BCUT2D eigenvalue weighted by Crippen LogP contribution is 2.33. The lowest BCUT2D eigenvalue weighted by atomic mass is 9.99. The van der Waals surface area contributed by atoms with Crippen LogP contribution >= 0.6 is 0 Å². The van der Waals surface area contributed by atoms with Gasteiger partial charge in [0.25, 0.3) is 0 Å². The molecule has 0 radical (unpaired) electrons. The topological polar surface area (TPSA) is 41.0 Å². The van der Waals surface area contributed by atoms with Gasteiger partial charge in [0.1, 0.15) is 11.5 Å². The molecule has 0 saturated carbocycles. The number of imidazole rings is 1. The molecule has 2 aromatic carbocycles. The fraction of sp³-hybridized carbons (Fsp3) is 0.304. The minimum Gasteiger partial charge on any atom is -0.335 e. The molecule has 1 aliphatic heterocycles. The monoisotopic (exact) mass is 341 g/mol. The highest BCUT2D eigenvalue weighted by Gasteiger charge is 2.17. The van der Waals surface area contributed by atoms with E-state index in [0.717, 1.165) is 29.2 Å². The number of aromatic amines is 1. The van der Waals surface area contributed by atoms with Crippen molar-refractivity contribution < 1.29 is 0 Å². The molecule has 1 aliphatic rings. The Morgan fingerprint density at radius 1 is 0.962 bits per heavy atom. The van der Waals surface area contributed by atoms with E-state index in [2.05, 4.69) is 79.8 Å². The van der Waals surface area contributed by atoms with Gasteiger partial charge >= 0.3 is 0 Å². The second-order valence-electron chi connectivity index (χ2n) is 7.56. The Balaban J connectivity index is 1.64. The fourth-order valence-electron chi connectivity index (χ4n) is 3.21. The third-order valence-electron chi connectivity index (χ3n) is 4.82. The third kappa shape index (κ3) is 3.15. The van der Waals surface area contributed by atoms with Crippen LogP contribution in [0.3, 0.4) is 0 Å². The van der Waals surface area contributed by atoms with E-state index in [1.165, 1.54) is 22.0 Å². The van der Waals surface area contributed by atoms with E-state index in [1.54, 1.807) is 6.20 Å². The Bertz CT molecular complexity index is 1070. The lowest BCUT2D eigenvalue weighted by Gasteiger charge is -2.03. The molecule has 0 fully saturated rings. The number of nitrogens with zero attached hydrogens (tertiary/aromatic N) is 2. The van der Waals surface area contributed by atoms with Crippen molar-refractivity contribution in [2.75, 3.05) is 0 Å². The Hall–Kier alpha value is -2.86. The minimum absolute atomic E-state index is 0.381. The van der Waals surface area contributed by atoms with Crippen LogP contribution in [0.25, 0.3) is 10.8 Å². The Labute approximate surface area is 154 Å². The summed E-state index contributed by atoms with van der Waals surface area (Å²) in [5.41, 5.74) is 5.59. The van der Waals surface area contributed by atoms with Crippen LogP contribution in [0.1, 0.15) is 56.3 Å². The van der Waals surface area contributed by atoms with Crippen LogP contribution in [0.15, 0.2) is 41.5 Å². The lowest BCUT2D eigenvalue weighted by Crippen LogP contribution is -2.06. The summed E-state index contributed by atoms with van der Waals surface area (Å²) in [5, 5.41) is 2.44. The zero-order valence-corrected chi connectivity index (χ0v) is 15.7. The Kier molecular flexibility index (Phi) is 4.12. The molecule has 3 nitrogen and oxygen atoms in total. The zero-order chi connectivity index (χ0) is 18.3.